The monoisotopic (exact) mass is 345 g/mol. The van der Waals surface area contributed by atoms with Crippen molar-refractivity contribution in [2.45, 2.75) is 44.0 Å². The van der Waals surface area contributed by atoms with Crippen LogP contribution in [0, 0.1) is 6.92 Å². The number of para-hydroxylation sites is 1. The van der Waals surface area contributed by atoms with E-state index in [1.54, 1.807) is 4.90 Å². The van der Waals surface area contributed by atoms with Crippen LogP contribution in [-0.4, -0.2) is 58.5 Å². The summed E-state index contributed by atoms with van der Waals surface area (Å²) in [4.78, 5) is 14.6. The maximum absolute atomic E-state index is 12.9. The molecular weight excluding hydrogens is 322 g/mol. The summed E-state index contributed by atoms with van der Waals surface area (Å²) in [6, 6.07) is 7.62. The predicted molar refractivity (Wildman–Crippen MR) is 91.4 cm³/mol. The minimum Gasteiger partial charge on any atom is -0.451 e. The van der Waals surface area contributed by atoms with E-state index in [1.807, 2.05) is 31.2 Å². The fourth-order valence-electron chi connectivity index (χ4n) is 4.03. The number of carbonyl (C=O) groups excluding carboxylic acids is 1. The van der Waals surface area contributed by atoms with Crippen LogP contribution in [0.1, 0.15) is 35.4 Å². The molecule has 6 nitrogen and oxygen atoms in total. The van der Waals surface area contributed by atoms with E-state index >= 15 is 0 Å². The summed E-state index contributed by atoms with van der Waals surface area (Å²) in [5, 5.41) is 21.2. The molecule has 0 bridgehead atoms. The molecule has 1 aromatic carbocycles. The van der Waals surface area contributed by atoms with Gasteiger partial charge in [-0.15, -0.1) is 0 Å². The lowest BCUT2D eigenvalue weighted by Gasteiger charge is -2.48. The summed E-state index contributed by atoms with van der Waals surface area (Å²) in [6.07, 6.45) is -0.184. The minimum atomic E-state index is -0.897. The fourth-order valence-corrected chi connectivity index (χ4v) is 4.03. The second-order valence-corrected chi connectivity index (χ2v) is 7.06. The van der Waals surface area contributed by atoms with Gasteiger partial charge in [-0.2, -0.15) is 0 Å². The van der Waals surface area contributed by atoms with Crippen LogP contribution in [0.3, 0.4) is 0 Å². The van der Waals surface area contributed by atoms with Crippen molar-refractivity contribution in [2.24, 2.45) is 0 Å². The number of rotatable bonds is 1. The molecule has 1 spiro atoms. The molecule has 0 aliphatic carbocycles. The molecule has 2 atom stereocenters. The molecule has 25 heavy (non-hydrogen) atoms. The molecule has 1 aromatic heterocycles. The van der Waals surface area contributed by atoms with Gasteiger partial charge in [0.1, 0.15) is 11.7 Å². The number of benzene rings is 1. The zero-order chi connectivity index (χ0) is 17.6. The third kappa shape index (κ3) is 2.65. The minimum absolute atomic E-state index is 0.130. The van der Waals surface area contributed by atoms with E-state index in [0.29, 0.717) is 50.3 Å². The fraction of sp³-hybridized carbons (Fsp3) is 0.526. The molecule has 0 saturated carbocycles. The number of aliphatic hydroxyl groups excluding tert-OH is 2. The molecule has 2 fully saturated rings. The molecular formula is C19H23NO5. The largest absolute Gasteiger partial charge is 0.451 e. The van der Waals surface area contributed by atoms with Gasteiger partial charge in [0.25, 0.3) is 5.91 Å². The van der Waals surface area contributed by atoms with Crippen molar-refractivity contribution in [3.05, 3.63) is 35.6 Å². The highest BCUT2D eigenvalue weighted by Crippen LogP contribution is 2.36. The van der Waals surface area contributed by atoms with E-state index in [1.165, 1.54) is 0 Å². The van der Waals surface area contributed by atoms with Gasteiger partial charge in [0.2, 0.25) is 0 Å². The summed E-state index contributed by atoms with van der Waals surface area (Å²) < 4.78 is 11.6. The standard InChI is InChI=1S/C19H23NO5/c1-12-13-4-2-3-5-15(13)25-16(12)18(23)20-9-7-19(8-10-20)17(22)14(21)6-11-24-19/h2-5,14,17,21-22H,6-11H2,1H3/t14-,17-/m0/s1. The highest BCUT2D eigenvalue weighted by atomic mass is 16.5. The van der Waals surface area contributed by atoms with Crippen molar-refractivity contribution in [3.63, 3.8) is 0 Å². The molecule has 134 valence electrons. The van der Waals surface area contributed by atoms with Gasteiger partial charge in [-0.1, -0.05) is 18.2 Å². The number of ether oxygens (including phenoxy) is 1. The number of amides is 1. The molecule has 6 heteroatoms. The number of hydrogen-bond acceptors (Lipinski definition) is 5. The molecule has 2 saturated heterocycles. The SMILES string of the molecule is Cc1c(C(=O)N2CCC3(CC2)OCC[C@H](O)[C@@H]3O)oc2ccccc12. The molecule has 1 amide bonds. The lowest BCUT2D eigenvalue weighted by atomic mass is 9.80. The van der Waals surface area contributed by atoms with Crippen molar-refractivity contribution < 1.29 is 24.2 Å². The van der Waals surface area contributed by atoms with Crippen molar-refractivity contribution in [1.82, 2.24) is 4.90 Å². The van der Waals surface area contributed by atoms with Crippen LogP contribution < -0.4 is 0 Å². The van der Waals surface area contributed by atoms with Crippen molar-refractivity contribution >= 4 is 16.9 Å². The van der Waals surface area contributed by atoms with E-state index in [0.717, 1.165) is 10.9 Å². The van der Waals surface area contributed by atoms with Gasteiger partial charge < -0.3 is 24.3 Å². The summed E-state index contributed by atoms with van der Waals surface area (Å²) in [5.41, 5.74) is 0.827. The Hall–Kier alpha value is -1.89. The Kier molecular flexibility index (Phi) is 4.06. The van der Waals surface area contributed by atoms with E-state index in [9.17, 15) is 15.0 Å². The van der Waals surface area contributed by atoms with Crippen LogP contribution in [0.4, 0.5) is 0 Å². The zero-order valence-electron chi connectivity index (χ0n) is 14.3. The highest BCUT2D eigenvalue weighted by Gasteiger charge is 2.48. The summed E-state index contributed by atoms with van der Waals surface area (Å²) in [5.74, 6) is 0.247. The van der Waals surface area contributed by atoms with Crippen LogP contribution >= 0.6 is 0 Å². The Morgan fingerprint density at radius 2 is 1.96 bits per heavy atom. The number of likely N-dealkylation sites (tertiary alicyclic amines) is 1. The maximum Gasteiger partial charge on any atom is 0.289 e. The third-order valence-corrected chi connectivity index (χ3v) is 5.64. The number of furan rings is 1. The van der Waals surface area contributed by atoms with Gasteiger partial charge in [-0.25, -0.2) is 0 Å². The average molecular weight is 345 g/mol. The van der Waals surface area contributed by atoms with E-state index < -0.39 is 17.8 Å². The maximum atomic E-state index is 12.9. The lowest BCUT2D eigenvalue weighted by molar-refractivity contribution is -0.212. The van der Waals surface area contributed by atoms with E-state index in [4.69, 9.17) is 9.15 Å². The van der Waals surface area contributed by atoms with Crippen molar-refractivity contribution in [1.29, 1.82) is 0 Å². The lowest BCUT2D eigenvalue weighted by Crippen LogP contribution is -2.60. The van der Waals surface area contributed by atoms with Gasteiger partial charge in [0.05, 0.1) is 18.3 Å². The Balaban J connectivity index is 1.52. The predicted octanol–water partition coefficient (Wildman–Crippen LogP) is 1.86. The first-order chi connectivity index (χ1) is 12.0. The first kappa shape index (κ1) is 16.6. The second-order valence-electron chi connectivity index (χ2n) is 7.06. The van der Waals surface area contributed by atoms with Crippen LogP contribution in [-0.2, 0) is 4.74 Å². The summed E-state index contributed by atoms with van der Waals surface area (Å²) >= 11 is 0. The van der Waals surface area contributed by atoms with Gasteiger partial charge in [-0.05, 0) is 32.3 Å². The highest BCUT2D eigenvalue weighted by molar-refractivity contribution is 5.98. The molecule has 2 aromatic rings. The molecule has 2 N–H and O–H groups in total. The average Bonchev–Trinajstić information content (AvgIpc) is 2.97. The Bertz CT molecular complexity index is 790. The normalized spacial score (nSPS) is 26.3. The molecule has 2 aliphatic rings. The van der Waals surface area contributed by atoms with Gasteiger partial charge in [0, 0.05) is 24.0 Å². The number of carbonyl (C=O) groups is 1. The summed E-state index contributed by atoms with van der Waals surface area (Å²) in [7, 11) is 0. The molecule has 0 unspecified atom stereocenters. The van der Waals surface area contributed by atoms with Gasteiger partial charge in [0.15, 0.2) is 5.76 Å². The first-order valence-corrected chi connectivity index (χ1v) is 8.79. The summed E-state index contributed by atoms with van der Waals surface area (Å²) in [6.45, 7) is 3.28. The van der Waals surface area contributed by atoms with Crippen molar-refractivity contribution in [2.75, 3.05) is 19.7 Å². The van der Waals surface area contributed by atoms with Crippen LogP contribution in [0.15, 0.2) is 28.7 Å². The molecule has 0 radical (unpaired) electrons. The number of nitrogens with zero attached hydrogens (tertiary/aromatic N) is 1. The number of aliphatic hydroxyl groups is 2. The Morgan fingerprint density at radius 1 is 1.24 bits per heavy atom. The van der Waals surface area contributed by atoms with Crippen LogP contribution in [0.2, 0.25) is 0 Å². The first-order valence-electron chi connectivity index (χ1n) is 8.79. The third-order valence-electron chi connectivity index (χ3n) is 5.64. The van der Waals surface area contributed by atoms with E-state index in [2.05, 4.69) is 0 Å². The Morgan fingerprint density at radius 3 is 2.68 bits per heavy atom. The quantitative estimate of drug-likeness (QED) is 0.824. The molecule has 3 heterocycles. The Labute approximate surface area is 146 Å². The smallest absolute Gasteiger partial charge is 0.289 e. The van der Waals surface area contributed by atoms with Crippen LogP contribution in [0.5, 0.6) is 0 Å². The number of fused-ring (bicyclic) bond motifs is 1. The number of hydrogen-bond donors (Lipinski definition) is 2. The van der Waals surface area contributed by atoms with E-state index in [-0.39, 0.29) is 5.91 Å². The van der Waals surface area contributed by atoms with Crippen LogP contribution in [0.25, 0.3) is 11.0 Å². The number of aryl methyl sites for hydroxylation is 1. The van der Waals surface area contributed by atoms with Gasteiger partial charge in [-0.3, -0.25) is 4.79 Å². The van der Waals surface area contributed by atoms with Crippen molar-refractivity contribution in [3.8, 4) is 0 Å². The zero-order valence-corrected chi connectivity index (χ0v) is 14.3. The van der Waals surface area contributed by atoms with Gasteiger partial charge >= 0.3 is 0 Å². The molecule has 2 aliphatic heterocycles. The molecule has 4 rings (SSSR count). The topological polar surface area (TPSA) is 83.1 Å². The number of piperidine rings is 1. The second kappa shape index (κ2) is 6.12.